The van der Waals surface area contributed by atoms with Gasteiger partial charge in [0.25, 0.3) is 0 Å². The molecule has 0 fully saturated rings. The lowest BCUT2D eigenvalue weighted by Crippen LogP contribution is -2.38. The molecule has 0 heterocycles. The number of likely N-dealkylation sites (N-methyl/N-ethyl adjacent to an activating group) is 1. The van der Waals surface area contributed by atoms with Crippen LogP contribution in [0.5, 0.6) is 5.75 Å². The van der Waals surface area contributed by atoms with Crippen LogP contribution in [-0.2, 0) is 25.3 Å². The zero-order chi connectivity index (χ0) is 18.3. The van der Waals surface area contributed by atoms with Crippen LogP contribution in [0.25, 0.3) is 0 Å². The van der Waals surface area contributed by atoms with E-state index in [4.69, 9.17) is 4.74 Å². The predicted octanol–water partition coefficient (Wildman–Crippen LogP) is 0.946. The smallest absolute Gasteiger partial charge is 0.396 e. The highest BCUT2D eigenvalue weighted by molar-refractivity contribution is 7.82. The number of nitrogens with one attached hydrogen (secondary N) is 1. The van der Waals surface area contributed by atoms with E-state index >= 15 is 0 Å². The van der Waals surface area contributed by atoms with E-state index in [-0.39, 0.29) is 13.2 Å². The predicted molar refractivity (Wildman–Crippen MR) is 91.1 cm³/mol. The molecule has 8 heteroatoms. The van der Waals surface area contributed by atoms with Crippen molar-refractivity contribution < 1.29 is 23.3 Å². The second-order valence-corrected chi connectivity index (χ2v) is 6.70. The minimum atomic E-state index is -1.38. The van der Waals surface area contributed by atoms with Gasteiger partial charge in [0.05, 0.1) is 18.6 Å². The first-order chi connectivity index (χ1) is 11.3. The van der Waals surface area contributed by atoms with Gasteiger partial charge < -0.3 is 14.8 Å². The number of rotatable bonds is 7. The summed E-state index contributed by atoms with van der Waals surface area (Å²) < 4.78 is 24.1. The summed E-state index contributed by atoms with van der Waals surface area (Å²) >= 11 is 0. The summed E-state index contributed by atoms with van der Waals surface area (Å²) in [7, 11) is 1.90. The van der Waals surface area contributed by atoms with Crippen LogP contribution in [0.4, 0.5) is 0 Å². The largest absolute Gasteiger partial charge is 0.497 e. The Morgan fingerprint density at radius 1 is 1.25 bits per heavy atom. The lowest BCUT2D eigenvalue weighted by molar-refractivity contribution is -0.154. The number of esters is 1. The van der Waals surface area contributed by atoms with E-state index in [1.54, 1.807) is 25.4 Å². The topological polar surface area (TPSA) is 84.9 Å². The molecule has 0 aliphatic carbocycles. The molecular weight excluding hydrogens is 332 g/mol. The maximum absolute atomic E-state index is 12.7. The van der Waals surface area contributed by atoms with Crippen molar-refractivity contribution in [2.75, 3.05) is 33.9 Å². The summed E-state index contributed by atoms with van der Waals surface area (Å²) in [4.78, 5) is 23.4. The molecule has 0 spiro atoms. The van der Waals surface area contributed by atoms with Crippen LogP contribution in [0.2, 0.25) is 0 Å². The molecule has 0 radical (unpaired) electrons. The molecule has 1 N–H and O–H groups in total. The molecule has 134 valence electrons. The van der Waals surface area contributed by atoms with E-state index in [0.29, 0.717) is 6.54 Å². The number of nitrogens with zero attached hydrogens (tertiary/aromatic N) is 1. The summed E-state index contributed by atoms with van der Waals surface area (Å²) in [5.41, 5.74) is 1.74. The number of ether oxygens (including phenoxy) is 2. The number of hydrogen-bond donors (Lipinski definition) is 1. The Bertz CT molecular complexity index is 610. The molecule has 1 aromatic rings. The summed E-state index contributed by atoms with van der Waals surface area (Å²) in [6.07, 6.45) is 0. The number of methoxy groups -OCH3 is 1. The average Bonchev–Trinajstić information content (AvgIpc) is 2.53. The Morgan fingerprint density at radius 3 is 2.33 bits per heavy atom. The molecule has 0 aliphatic rings. The zero-order valence-corrected chi connectivity index (χ0v) is 15.5. The van der Waals surface area contributed by atoms with Gasteiger partial charge in [-0.2, -0.15) is 0 Å². The standard InChI is InChI=1S/C16H24N2O5S/c1-6-23-16(20)15(19)17-7-8-18(4)24(21)14-11(2)9-13(22-5)10-12(14)3/h9-10H,6-8H2,1-5H3,(H,17,19). The van der Waals surface area contributed by atoms with E-state index in [2.05, 4.69) is 10.1 Å². The van der Waals surface area contributed by atoms with E-state index < -0.39 is 22.9 Å². The minimum absolute atomic E-state index is 0.145. The second kappa shape index (κ2) is 9.39. The third-order valence-corrected chi connectivity index (χ3v) is 5.04. The fraction of sp³-hybridized carbons (Fsp3) is 0.500. The third-order valence-electron chi connectivity index (χ3n) is 3.30. The van der Waals surface area contributed by atoms with Gasteiger partial charge in [-0.25, -0.2) is 13.3 Å². The first-order valence-electron chi connectivity index (χ1n) is 7.55. The van der Waals surface area contributed by atoms with Crippen LogP contribution in [0, 0.1) is 13.8 Å². The Kier molecular flexibility index (Phi) is 7.87. The number of amides is 1. The van der Waals surface area contributed by atoms with Crippen molar-refractivity contribution in [1.29, 1.82) is 0 Å². The summed E-state index contributed by atoms with van der Waals surface area (Å²) in [5, 5.41) is 2.44. The number of aryl methyl sites for hydroxylation is 2. The van der Waals surface area contributed by atoms with Crippen LogP contribution >= 0.6 is 0 Å². The Hall–Kier alpha value is -1.93. The lowest BCUT2D eigenvalue weighted by atomic mass is 10.1. The zero-order valence-electron chi connectivity index (χ0n) is 14.7. The van der Waals surface area contributed by atoms with E-state index in [1.165, 1.54) is 0 Å². The van der Waals surface area contributed by atoms with Crippen LogP contribution < -0.4 is 10.1 Å². The van der Waals surface area contributed by atoms with Crippen molar-refractivity contribution >= 4 is 22.9 Å². The summed E-state index contributed by atoms with van der Waals surface area (Å²) in [6.45, 7) is 6.03. The fourth-order valence-electron chi connectivity index (χ4n) is 2.14. The normalized spacial score (nSPS) is 11.9. The van der Waals surface area contributed by atoms with E-state index in [1.807, 2.05) is 26.0 Å². The van der Waals surface area contributed by atoms with Crippen molar-refractivity contribution in [3.05, 3.63) is 23.3 Å². The average molecular weight is 356 g/mol. The Morgan fingerprint density at radius 2 is 1.83 bits per heavy atom. The number of carbonyl (C=O) groups excluding carboxylic acids is 2. The molecule has 1 amide bonds. The van der Waals surface area contributed by atoms with Crippen LogP contribution in [-0.4, -0.2) is 54.2 Å². The van der Waals surface area contributed by atoms with Crippen molar-refractivity contribution in [3.8, 4) is 5.75 Å². The first-order valence-corrected chi connectivity index (χ1v) is 8.65. The van der Waals surface area contributed by atoms with Crippen molar-refractivity contribution in [3.63, 3.8) is 0 Å². The van der Waals surface area contributed by atoms with Crippen molar-refractivity contribution in [2.45, 2.75) is 25.7 Å². The highest BCUT2D eigenvalue weighted by atomic mass is 32.2. The van der Waals surface area contributed by atoms with Gasteiger partial charge >= 0.3 is 11.9 Å². The minimum Gasteiger partial charge on any atom is -0.497 e. The highest BCUT2D eigenvalue weighted by Crippen LogP contribution is 2.25. The molecule has 0 bridgehead atoms. The lowest BCUT2D eigenvalue weighted by Gasteiger charge is -2.19. The maximum atomic E-state index is 12.7. The first kappa shape index (κ1) is 20.1. The molecule has 1 rings (SSSR count). The van der Waals surface area contributed by atoms with Gasteiger partial charge in [0, 0.05) is 20.1 Å². The molecule has 0 aliphatic heterocycles. The van der Waals surface area contributed by atoms with E-state index in [9.17, 15) is 13.8 Å². The summed E-state index contributed by atoms with van der Waals surface area (Å²) in [5.74, 6) is -0.994. The number of benzene rings is 1. The quantitative estimate of drug-likeness (QED) is 0.581. The van der Waals surface area contributed by atoms with Gasteiger partial charge in [0.1, 0.15) is 16.7 Å². The Labute approximate surface area is 144 Å². The molecule has 0 saturated carbocycles. The number of hydrogen-bond acceptors (Lipinski definition) is 5. The van der Waals surface area contributed by atoms with Gasteiger partial charge in [-0.3, -0.25) is 4.79 Å². The number of carbonyl (C=O) groups is 2. The molecule has 0 aromatic heterocycles. The second-order valence-electron chi connectivity index (χ2n) is 5.17. The van der Waals surface area contributed by atoms with Gasteiger partial charge in [0.2, 0.25) is 0 Å². The van der Waals surface area contributed by atoms with Crippen molar-refractivity contribution in [2.24, 2.45) is 0 Å². The SMILES string of the molecule is CCOC(=O)C(=O)NCCN(C)S(=O)c1c(C)cc(OC)cc1C. The van der Waals surface area contributed by atoms with Crippen LogP contribution in [0.1, 0.15) is 18.1 Å². The molecule has 24 heavy (non-hydrogen) atoms. The van der Waals surface area contributed by atoms with E-state index in [0.717, 1.165) is 21.8 Å². The molecule has 1 aromatic carbocycles. The monoisotopic (exact) mass is 356 g/mol. The Balaban J connectivity index is 2.66. The van der Waals surface area contributed by atoms with Gasteiger partial charge in [0.15, 0.2) is 0 Å². The van der Waals surface area contributed by atoms with Gasteiger partial charge in [-0.15, -0.1) is 0 Å². The molecule has 1 unspecified atom stereocenters. The molecule has 1 atom stereocenters. The summed E-state index contributed by atoms with van der Waals surface area (Å²) in [6, 6.07) is 3.66. The molecule has 0 saturated heterocycles. The fourth-order valence-corrected chi connectivity index (χ4v) is 3.38. The van der Waals surface area contributed by atoms with Crippen molar-refractivity contribution in [1.82, 2.24) is 9.62 Å². The maximum Gasteiger partial charge on any atom is 0.396 e. The third kappa shape index (κ3) is 5.31. The van der Waals surface area contributed by atoms with Crippen LogP contribution in [0.15, 0.2) is 17.0 Å². The van der Waals surface area contributed by atoms with Crippen LogP contribution in [0.3, 0.4) is 0 Å². The molecule has 7 nitrogen and oxygen atoms in total. The highest BCUT2D eigenvalue weighted by Gasteiger charge is 2.18. The van der Waals surface area contributed by atoms with Gasteiger partial charge in [-0.1, -0.05) is 0 Å². The van der Waals surface area contributed by atoms with Gasteiger partial charge in [-0.05, 0) is 44.0 Å². The molecular formula is C16H24N2O5S.